The Kier molecular flexibility index (Phi) is 6.62. The van der Waals surface area contributed by atoms with Crippen molar-refractivity contribution in [3.05, 3.63) is 59.7 Å². The summed E-state index contributed by atoms with van der Waals surface area (Å²) in [6.07, 6.45) is 3.01. The number of carbonyl (C=O) groups is 2. The third-order valence-corrected chi connectivity index (χ3v) is 8.07. The zero-order valence-corrected chi connectivity index (χ0v) is 19.1. The Morgan fingerprint density at radius 3 is 2.31 bits per heavy atom. The van der Waals surface area contributed by atoms with Gasteiger partial charge in [-0.15, -0.1) is 0 Å². The van der Waals surface area contributed by atoms with Crippen LogP contribution in [0, 0.1) is 12.8 Å². The Labute approximate surface area is 189 Å². The second kappa shape index (κ2) is 9.42. The zero-order valence-electron chi connectivity index (χ0n) is 18.3. The molecule has 2 aromatic rings. The summed E-state index contributed by atoms with van der Waals surface area (Å²) >= 11 is 0. The molecule has 4 rings (SSSR count). The van der Waals surface area contributed by atoms with Crippen molar-refractivity contribution in [2.45, 2.75) is 44.0 Å². The molecule has 2 aliphatic rings. The summed E-state index contributed by atoms with van der Waals surface area (Å²) in [4.78, 5) is 27.1. The number of amides is 2. The van der Waals surface area contributed by atoms with E-state index in [-0.39, 0.29) is 23.1 Å². The molecule has 0 aliphatic carbocycles. The van der Waals surface area contributed by atoms with Crippen molar-refractivity contribution in [3.63, 3.8) is 0 Å². The number of benzene rings is 2. The van der Waals surface area contributed by atoms with Crippen molar-refractivity contribution in [1.29, 1.82) is 0 Å². The van der Waals surface area contributed by atoms with Crippen molar-refractivity contribution in [2.75, 3.05) is 25.0 Å². The minimum Gasteiger partial charge on any atom is -0.338 e. The maximum absolute atomic E-state index is 12.8. The maximum Gasteiger partial charge on any atom is 0.243 e. The van der Waals surface area contributed by atoms with Crippen LogP contribution >= 0.6 is 0 Å². The van der Waals surface area contributed by atoms with Gasteiger partial charge in [-0.05, 0) is 49.6 Å². The predicted octanol–water partition coefficient (Wildman–Crippen LogP) is 3.16. The third-order valence-electron chi connectivity index (χ3n) is 6.15. The van der Waals surface area contributed by atoms with Crippen LogP contribution in [0.1, 0.15) is 36.8 Å². The molecule has 0 saturated carbocycles. The number of piperidine rings is 1. The molecule has 1 atom stereocenters. The predicted molar refractivity (Wildman–Crippen MR) is 122 cm³/mol. The normalized spacial score (nSPS) is 19.8. The fourth-order valence-corrected chi connectivity index (χ4v) is 5.74. The molecular weight excluding hydrogens is 426 g/mol. The van der Waals surface area contributed by atoms with Crippen LogP contribution in [0.15, 0.2) is 53.4 Å². The highest BCUT2D eigenvalue weighted by molar-refractivity contribution is 7.89. The van der Waals surface area contributed by atoms with E-state index in [2.05, 4.69) is 5.32 Å². The van der Waals surface area contributed by atoms with Gasteiger partial charge in [0.25, 0.3) is 0 Å². The highest BCUT2D eigenvalue weighted by Gasteiger charge is 2.34. The molecule has 2 amide bonds. The first-order valence-electron chi connectivity index (χ1n) is 11.1. The number of hydrogen-bond acceptors (Lipinski definition) is 4. The van der Waals surface area contributed by atoms with Gasteiger partial charge in [0.15, 0.2) is 0 Å². The van der Waals surface area contributed by atoms with Crippen molar-refractivity contribution >= 4 is 27.5 Å². The summed E-state index contributed by atoms with van der Waals surface area (Å²) in [7, 11) is -3.50. The molecule has 0 bridgehead atoms. The van der Waals surface area contributed by atoms with Crippen molar-refractivity contribution < 1.29 is 18.0 Å². The lowest BCUT2D eigenvalue weighted by Crippen LogP contribution is -2.35. The Balaban J connectivity index is 1.35. The monoisotopic (exact) mass is 455 g/mol. The molecule has 2 aliphatic heterocycles. The zero-order chi connectivity index (χ0) is 22.7. The summed E-state index contributed by atoms with van der Waals surface area (Å²) in [6, 6.07) is 14.3. The Morgan fingerprint density at radius 2 is 1.66 bits per heavy atom. The first-order chi connectivity index (χ1) is 15.3. The smallest absolute Gasteiger partial charge is 0.243 e. The van der Waals surface area contributed by atoms with Gasteiger partial charge in [-0.1, -0.05) is 36.2 Å². The number of nitrogens with zero attached hydrogens (tertiary/aromatic N) is 2. The van der Waals surface area contributed by atoms with Crippen molar-refractivity contribution in [1.82, 2.24) is 9.21 Å². The number of nitrogens with one attached hydrogen (secondary N) is 1. The molecule has 8 heteroatoms. The van der Waals surface area contributed by atoms with Crippen LogP contribution in [-0.4, -0.2) is 49.1 Å². The number of likely N-dealkylation sites (tertiary alicyclic amines) is 1. The molecular formula is C24H29N3O4S. The molecule has 2 aromatic carbocycles. The number of rotatable bonds is 6. The molecule has 2 saturated heterocycles. The largest absolute Gasteiger partial charge is 0.338 e. The van der Waals surface area contributed by atoms with E-state index >= 15 is 0 Å². The molecule has 32 heavy (non-hydrogen) atoms. The highest BCUT2D eigenvalue weighted by Crippen LogP contribution is 2.24. The lowest BCUT2D eigenvalue weighted by Gasteiger charge is -2.25. The van der Waals surface area contributed by atoms with Crippen LogP contribution in [-0.2, 0) is 26.2 Å². The Morgan fingerprint density at radius 1 is 1.00 bits per heavy atom. The first-order valence-corrected chi connectivity index (χ1v) is 12.5. The number of aryl methyl sites for hydroxylation is 1. The molecule has 2 fully saturated rings. The van der Waals surface area contributed by atoms with E-state index in [0.717, 1.165) is 30.4 Å². The first kappa shape index (κ1) is 22.5. The summed E-state index contributed by atoms with van der Waals surface area (Å²) in [5.41, 5.74) is 2.72. The Bertz CT molecular complexity index is 1080. The molecule has 0 unspecified atom stereocenters. The van der Waals surface area contributed by atoms with E-state index in [1.54, 1.807) is 17.0 Å². The van der Waals surface area contributed by atoms with Gasteiger partial charge >= 0.3 is 0 Å². The quantitative estimate of drug-likeness (QED) is 0.725. The summed E-state index contributed by atoms with van der Waals surface area (Å²) in [5, 5.41) is 2.83. The second-order valence-electron chi connectivity index (χ2n) is 8.64. The maximum atomic E-state index is 12.8. The van der Waals surface area contributed by atoms with E-state index in [9.17, 15) is 18.0 Å². The van der Waals surface area contributed by atoms with Crippen LogP contribution in [0.2, 0.25) is 0 Å². The topological polar surface area (TPSA) is 86.8 Å². The molecule has 0 radical (unpaired) electrons. The van der Waals surface area contributed by atoms with Crippen LogP contribution in [0.25, 0.3) is 0 Å². The van der Waals surface area contributed by atoms with Gasteiger partial charge < -0.3 is 10.2 Å². The van der Waals surface area contributed by atoms with E-state index in [4.69, 9.17) is 0 Å². The van der Waals surface area contributed by atoms with Gasteiger partial charge in [-0.2, -0.15) is 4.31 Å². The van der Waals surface area contributed by atoms with Crippen LogP contribution < -0.4 is 5.32 Å². The van der Waals surface area contributed by atoms with Gasteiger partial charge in [-0.3, -0.25) is 9.59 Å². The number of carbonyl (C=O) groups excluding carboxylic acids is 2. The van der Waals surface area contributed by atoms with E-state index in [0.29, 0.717) is 31.9 Å². The highest BCUT2D eigenvalue weighted by atomic mass is 32.2. The minimum atomic E-state index is -3.50. The minimum absolute atomic E-state index is 0.0336. The number of sulfonamides is 1. The molecule has 0 aromatic heterocycles. The van der Waals surface area contributed by atoms with E-state index in [1.165, 1.54) is 16.4 Å². The van der Waals surface area contributed by atoms with Crippen molar-refractivity contribution in [3.8, 4) is 0 Å². The fourth-order valence-electron chi connectivity index (χ4n) is 4.22. The number of hydrogen-bond donors (Lipinski definition) is 1. The summed E-state index contributed by atoms with van der Waals surface area (Å²) in [6.45, 7) is 3.98. The fraction of sp³-hybridized carbons (Fsp3) is 0.417. The molecule has 1 N–H and O–H groups in total. The van der Waals surface area contributed by atoms with Crippen LogP contribution in [0.5, 0.6) is 0 Å². The molecule has 170 valence electrons. The van der Waals surface area contributed by atoms with Gasteiger partial charge in [-0.25, -0.2) is 8.42 Å². The number of anilines is 1. The Hall–Kier alpha value is -2.71. The van der Waals surface area contributed by atoms with E-state index < -0.39 is 15.9 Å². The standard InChI is InChI=1S/C24H29N3O4S/c1-18-5-7-19(8-6-18)16-26-17-20(15-23(26)28)24(29)25-21-9-11-22(12-10-21)32(30,31)27-13-3-2-4-14-27/h5-12,20H,2-4,13-17H2,1H3,(H,25,29)/t20-/m1/s1. The average Bonchev–Trinajstić information content (AvgIpc) is 3.16. The summed E-state index contributed by atoms with van der Waals surface area (Å²) in [5.74, 6) is -0.685. The molecule has 2 heterocycles. The average molecular weight is 456 g/mol. The van der Waals surface area contributed by atoms with Crippen LogP contribution in [0.3, 0.4) is 0 Å². The van der Waals surface area contributed by atoms with Crippen molar-refractivity contribution in [2.24, 2.45) is 5.92 Å². The van der Waals surface area contributed by atoms with Gasteiger partial charge in [0.05, 0.1) is 10.8 Å². The molecule has 7 nitrogen and oxygen atoms in total. The lowest BCUT2D eigenvalue weighted by atomic mass is 10.1. The molecule has 0 spiro atoms. The van der Waals surface area contributed by atoms with E-state index in [1.807, 2.05) is 31.2 Å². The van der Waals surface area contributed by atoms with Gasteiger partial charge in [0.2, 0.25) is 21.8 Å². The summed E-state index contributed by atoms with van der Waals surface area (Å²) < 4.78 is 27.1. The van der Waals surface area contributed by atoms with Gasteiger partial charge in [0, 0.05) is 38.3 Å². The SMILES string of the molecule is Cc1ccc(CN2C[C@H](C(=O)Nc3ccc(S(=O)(=O)N4CCCCC4)cc3)CC2=O)cc1. The second-order valence-corrected chi connectivity index (χ2v) is 10.6. The van der Waals surface area contributed by atoms with Gasteiger partial charge in [0.1, 0.15) is 0 Å². The third kappa shape index (κ3) is 5.02. The van der Waals surface area contributed by atoms with Crippen LogP contribution in [0.4, 0.5) is 5.69 Å². The lowest BCUT2D eigenvalue weighted by molar-refractivity contribution is -0.128.